The summed E-state index contributed by atoms with van der Waals surface area (Å²) in [5, 5.41) is 10.2. The average Bonchev–Trinajstić information content (AvgIpc) is 3.15. The fourth-order valence-electron chi connectivity index (χ4n) is 2.62. The fourth-order valence-corrected chi connectivity index (χ4v) is 2.62. The number of ether oxygens (including phenoxy) is 5. The number of fused-ring (bicyclic) bond motifs is 1. The number of phenolic OH excluding ortho intramolecular Hbond substituents is 1. The topological polar surface area (TPSA) is 83.5 Å². The van der Waals surface area contributed by atoms with Crippen LogP contribution in [-0.2, 0) is 0 Å². The second kappa shape index (κ2) is 7.26. The maximum atomic E-state index is 12.4. The van der Waals surface area contributed by atoms with Crippen LogP contribution in [0.2, 0.25) is 0 Å². The Morgan fingerprint density at radius 1 is 1.08 bits per heavy atom. The van der Waals surface area contributed by atoms with Crippen molar-refractivity contribution in [1.29, 1.82) is 0 Å². The summed E-state index contributed by atoms with van der Waals surface area (Å²) in [7, 11) is 4.54. The van der Waals surface area contributed by atoms with Gasteiger partial charge in [0.15, 0.2) is 28.8 Å². The van der Waals surface area contributed by atoms with Crippen LogP contribution < -0.4 is 23.7 Å². The molecule has 2 aromatic rings. The summed E-state index contributed by atoms with van der Waals surface area (Å²) in [4.78, 5) is 12.4. The predicted molar refractivity (Wildman–Crippen MR) is 93.7 cm³/mol. The monoisotopic (exact) mass is 358 g/mol. The first-order valence-corrected chi connectivity index (χ1v) is 7.73. The van der Waals surface area contributed by atoms with E-state index in [9.17, 15) is 9.90 Å². The van der Waals surface area contributed by atoms with Gasteiger partial charge in [-0.15, -0.1) is 0 Å². The highest BCUT2D eigenvalue weighted by Gasteiger charge is 2.22. The minimum atomic E-state index is -0.380. The highest BCUT2D eigenvalue weighted by atomic mass is 16.7. The number of carbonyl (C=O) groups is 1. The summed E-state index contributed by atoms with van der Waals surface area (Å²) in [5.41, 5.74) is 0.797. The number of benzene rings is 2. The molecule has 0 spiro atoms. The van der Waals surface area contributed by atoms with Crippen LogP contribution in [0.15, 0.2) is 30.3 Å². The normalized spacial score (nSPS) is 12.3. The van der Waals surface area contributed by atoms with Gasteiger partial charge in [0.2, 0.25) is 18.3 Å². The Bertz CT molecular complexity index is 845. The van der Waals surface area contributed by atoms with Crippen molar-refractivity contribution in [3.63, 3.8) is 0 Å². The summed E-state index contributed by atoms with van der Waals surface area (Å²) in [6, 6.07) is 6.50. The third kappa shape index (κ3) is 3.11. The van der Waals surface area contributed by atoms with Gasteiger partial charge in [-0.25, -0.2) is 0 Å². The Balaban J connectivity index is 1.89. The van der Waals surface area contributed by atoms with Crippen molar-refractivity contribution in [1.82, 2.24) is 0 Å². The van der Waals surface area contributed by atoms with Crippen molar-refractivity contribution < 1.29 is 33.6 Å². The maximum absolute atomic E-state index is 12.4. The number of carbonyl (C=O) groups excluding carboxylic acids is 1. The van der Waals surface area contributed by atoms with Crippen LogP contribution >= 0.6 is 0 Å². The SMILES string of the molecule is COc1cc(/C=C/C(=O)c2ccc3c(c2O)OCO3)cc(OC)c1OC. The molecule has 2 aromatic carbocycles. The number of rotatable bonds is 6. The third-order valence-electron chi connectivity index (χ3n) is 3.89. The Hall–Kier alpha value is -3.35. The molecule has 3 rings (SSSR count). The minimum absolute atomic E-state index is 0.0157. The zero-order chi connectivity index (χ0) is 18.7. The summed E-state index contributed by atoms with van der Waals surface area (Å²) >= 11 is 0. The summed E-state index contributed by atoms with van der Waals surface area (Å²) in [5.74, 6) is 1.39. The number of ketones is 1. The van der Waals surface area contributed by atoms with Crippen LogP contribution in [0.4, 0.5) is 0 Å². The molecular formula is C19H18O7. The van der Waals surface area contributed by atoms with Gasteiger partial charge >= 0.3 is 0 Å². The van der Waals surface area contributed by atoms with E-state index in [0.717, 1.165) is 0 Å². The molecule has 0 radical (unpaired) electrons. The molecule has 1 aliphatic rings. The van der Waals surface area contributed by atoms with Crippen LogP contribution in [-0.4, -0.2) is 39.0 Å². The van der Waals surface area contributed by atoms with Crippen molar-refractivity contribution >= 4 is 11.9 Å². The molecule has 7 heteroatoms. The van der Waals surface area contributed by atoms with Gasteiger partial charge in [-0.05, 0) is 35.9 Å². The maximum Gasteiger partial charge on any atom is 0.231 e. The predicted octanol–water partition coefficient (Wildman–Crippen LogP) is 3.04. The number of methoxy groups -OCH3 is 3. The molecule has 0 aliphatic carbocycles. The number of hydrogen-bond acceptors (Lipinski definition) is 7. The highest BCUT2D eigenvalue weighted by Crippen LogP contribution is 2.42. The standard InChI is InChI=1S/C19H18O7/c1-22-15-8-11(9-16(23-2)18(15)24-3)4-6-13(20)12-5-7-14-19(17(12)21)26-10-25-14/h4-9,21H,10H2,1-3H3/b6-4+. The zero-order valence-electron chi connectivity index (χ0n) is 14.6. The van der Waals surface area contributed by atoms with E-state index in [1.807, 2.05) is 0 Å². The third-order valence-corrected chi connectivity index (χ3v) is 3.89. The number of allylic oxidation sites excluding steroid dienone is 1. The summed E-state index contributed by atoms with van der Waals surface area (Å²) in [6.45, 7) is 0.0157. The van der Waals surface area contributed by atoms with Gasteiger partial charge in [0, 0.05) is 0 Å². The molecule has 0 aromatic heterocycles. The van der Waals surface area contributed by atoms with Gasteiger partial charge in [0.25, 0.3) is 0 Å². The minimum Gasteiger partial charge on any atom is -0.504 e. The molecule has 136 valence electrons. The smallest absolute Gasteiger partial charge is 0.231 e. The molecular weight excluding hydrogens is 340 g/mol. The lowest BCUT2D eigenvalue weighted by Crippen LogP contribution is -1.97. The molecule has 0 bridgehead atoms. The van der Waals surface area contributed by atoms with E-state index in [-0.39, 0.29) is 29.6 Å². The second-order valence-corrected chi connectivity index (χ2v) is 5.35. The van der Waals surface area contributed by atoms with E-state index >= 15 is 0 Å². The van der Waals surface area contributed by atoms with Gasteiger partial charge in [-0.3, -0.25) is 4.79 Å². The lowest BCUT2D eigenvalue weighted by atomic mass is 10.1. The molecule has 0 saturated carbocycles. The van der Waals surface area contributed by atoms with Crippen LogP contribution in [0.25, 0.3) is 6.08 Å². The van der Waals surface area contributed by atoms with Crippen LogP contribution in [0.1, 0.15) is 15.9 Å². The van der Waals surface area contributed by atoms with Crippen molar-refractivity contribution in [3.05, 3.63) is 41.5 Å². The molecule has 0 unspecified atom stereocenters. The zero-order valence-corrected chi connectivity index (χ0v) is 14.6. The van der Waals surface area contributed by atoms with Crippen LogP contribution in [0, 0.1) is 0 Å². The fraction of sp³-hybridized carbons (Fsp3) is 0.211. The van der Waals surface area contributed by atoms with Crippen LogP contribution in [0.3, 0.4) is 0 Å². The molecule has 1 heterocycles. The van der Waals surface area contributed by atoms with E-state index in [2.05, 4.69) is 0 Å². The van der Waals surface area contributed by atoms with Gasteiger partial charge in [0.1, 0.15) is 0 Å². The lowest BCUT2D eigenvalue weighted by Gasteiger charge is -2.12. The average molecular weight is 358 g/mol. The van der Waals surface area contributed by atoms with Crippen molar-refractivity contribution in [2.45, 2.75) is 0 Å². The van der Waals surface area contributed by atoms with Crippen LogP contribution in [0.5, 0.6) is 34.5 Å². The quantitative estimate of drug-likeness (QED) is 0.628. The van der Waals surface area contributed by atoms with Crippen molar-refractivity contribution in [3.8, 4) is 34.5 Å². The van der Waals surface area contributed by atoms with Gasteiger partial charge in [-0.2, -0.15) is 0 Å². The Morgan fingerprint density at radius 2 is 1.77 bits per heavy atom. The van der Waals surface area contributed by atoms with Gasteiger partial charge < -0.3 is 28.8 Å². The Kier molecular flexibility index (Phi) is 4.88. The van der Waals surface area contributed by atoms with E-state index in [1.165, 1.54) is 33.5 Å². The van der Waals surface area contributed by atoms with E-state index in [0.29, 0.717) is 28.6 Å². The molecule has 0 amide bonds. The molecule has 0 atom stereocenters. The first-order chi connectivity index (χ1) is 12.6. The number of aromatic hydroxyl groups is 1. The highest BCUT2D eigenvalue weighted by molar-refractivity contribution is 6.09. The summed E-state index contributed by atoms with van der Waals surface area (Å²) in [6.07, 6.45) is 2.94. The number of phenols is 1. The first-order valence-electron chi connectivity index (χ1n) is 7.73. The first kappa shape index (κ1) is 17.5. The molecule has 1 N–H and O–H groups in total. The number of hydrogen-bond donors (Lipinski definition) is 1. The molecule has 26 heavy (non-hydrogen) atoms. The second-order valence-electron chi connectivity index (χ2n) is 5.35. The van der Waals surface area contributed by atoms with Gasteiger partial charge in [-0.1, -0.05) is 6.08 Å². The lowest BCUT2D eigenvalue weighted by molar-refractivity contribution is 0.104. The molecule has 7 nitrogen and oxygen atoms in total. The van der Waals surface area contributed by atoms with E-state index in [1.54, 1.807) is 24.3 Å². The Labute approximate surface area is 150 Å². The van der Waals surface area contributed by atoms with Gasteiger partial charge in [0.05, 0.1) is 26.9 Å². The molecule has 1 aliphatic heterocycles. The van der Waals surface area contributed by atoms with E-state index in [4.69, 9.17) is 23.7 Å². The Morgan fingerprint density at radius 3 is 2.38 bits per heavy atom. The summed E-state index contributed by atoms with van der Waals surface area (Å²) < 4.78 is 26.2. The van der Waals surface area contributed by atoms with E-state index < -0.39 is 0 Å². The molecule has 0 fully saturated rings. The van der Waals surface area contributed by atoms with Crippen molar-refractivity contribution in [2.75, 3.05) is 28.1 Å². The van der Waals surface area contributed by atoms with Crippen molar-refractivity contribution in [2.24, 2.45) is 0 Å². The molecule has 0 saturated heterocycles. The largest absolute Gasteiger partial charge is 0.504 e.